The molecule has 0 heterocycles. The minimum absolute atomic E-state index is 0.467. The number of nitrogens with two attached hydrogens (primary N) is 1. The van der Waals surface area contributed by atoms with Crippen molar-refractivity contribution in [2.75, 3.05) is 20.1 Å². The largest absolute Gasteiger partial charge is 0.329 e. The maximum Gasteiger partial charge on any atom is 0.0187 e. The molecule has 2 nitrogen and oxygen atoms in total. The number of likely N-dealkylation sites (N-methyl/N-ethyl adjacent to an activating group) is 1. The molecule has 1 atom stereocenters. The van der Waals surface area contributed by atoms with Crippen molar-refractivity contribution >= 4 is 0 Å². The van der Waals surface area contributed by atoms with Crippen LogP contribution in [0.1, 0.15) is 31.4 Å². The van der Waals surface area contributed by atoms with E-state index >= 15 is 0 Å². The lowest BCUT2D eigenvalue weighted by Crippen LogP contribution is -2.36. The molecule has 0 aliphatic heterocycles. The van der Waals surface area contributed by atoms with Gasteiger partial charge in [-0.3, -0.25) is 0 Å². The molecule has 2 N–H and O–H groups in total. The van der Waals surface area contributed by atoms with Crippen molar-refractivity contribution in [2.24, 2.45) is 5.73 Å². The molecule has 1 aromatic carbocycles. The first-order chi connectivity index (χ1) is 8.17. The van der Waals surface area contributed by atoms with Crippen LogP contribution in [0, 0.1) is 0 Å². The van der Waals surface area contributed by atoms with E-state index in [4.69, 9.17) is 5.73 Å². The van der Waals surface area contributed by atoms with Gasteiger partial charge in [-0.2, -0.15) is 0 Å². The summed E-state index contributed by atoms with van der Waals surface area (Å²) in [4.78, 5) is 2.32. The van der Waals surface area contributed by atoms with E-state index in [1.807, 2.05) is 0 Å². The molecule has 0 fully saturated rings. The van der Waals surface area contributed by atoms with E-state index in [9.17, 15) is 0 Å². The minimum atomic E-state index is 0.467. The highest BCUT2D eigenvalue weighted by molar-refractivity contribution is 5.22. The smallest absolute Gasteiger partial charge is 0.0187 e. The van der Waals surface area contributed by atoms with Gasteiger partial charge in [0.25, 0.3) is 0 Å². The van der Waals surface area contributed by atoms with E-state index in [1.54, 1.807) is 0 Å². The molecular weight excluding hydrogens is 208 g/mol. The Kier molecular flexibility index (Phi) is 6.23. The number of rotatable bonds is 7. The van der Waals surface area contributed by atoms with E-state index < -0.39 is 0 Å². The summed E-state index contributed by atoms with van der Waals surface area (Å²) in [7, 11) is 2.14. The molecule has 0 bridgehead atoms. The lowest BCUT2D eigenvalue weighted by Gasteiger charge is -2.23. The molecule has 0 saturated carbocycles. The first-order valence-corrected chi connectivity index (χ1v) is 6.65. The predicted molar refractivity (Wildman–Crippen MR) is 75.3 cm³/mol. The molecule has 1 unspecified atom stereocenters. The fourth-order valence-corrected chi connectivity index (χ4v) is 1.87. The quantitative estimate of drug-likeness (QED) is 0.785. The normalized spacial score (nSPS) is 13.0. The fourth-order valence-electron chi connectivity index (χ4n) is 1.87. The predicted octanol–water partition coefficient (Wildman–Crippen LogP) is 2.46. The molecular formula is C15H26N2. The SMILES string of the molecule is CCCc1ccc(CCN(C)C(C)CN)cc1. The molecule has 0 aliphatic carbocycles. The average molecular weight is 234 g/mol. The van der Waals surface area contributed by atoms with Crippen molar-refractivity contribution in [3.8, 4) is 0 Å². The first kappa shape index (κ1) is 14.2. The summed E-state index contributed by atoms with van der Waals surface area (Å²) in [6, 6.07) is 9.49. The van der Waals surface area contributed by atoms with E-state index in [0.29, 0.717) is 6.04 Å². The Morgan fingerprint density at radius 1 is 1.12 bits per heavy atom. The van der Waals surface area contributed by atoms with Crippen LogP contribution in [0.4, 0.5) is 0 Å². The van der Waals surface area contributed by atoms with Crippen LogP contribution in [0.3, 0.4) is 0 Å². The van der Waals surface area contributed by atoms with Gasteiger partial charge in [0, 0.05) is 19.1 Å². The topological polar surface area (TPSA) is 29.3 Å². The van der Waals surface area contributed by atoms with Crippen LogP contribution in [0.25, 0.3) is 0 Å². The Bertz CT molecular complexity index is 305. The molecule has 17 heavy (non-hydrogen) atoms. The fraction of sp³-hybridized carbons (Fsp3) is 0.600. The molecule has 0 aliphatic rings. The van der Waals surface area contributed by atoms with E-state index in [1.165, 1.54) is 24.0 Å². The van der Waals surface area contributed by atoms with Gasteiger partial charge in [-0.1, -0.05) is 37.6 Å². The van der Waals surface area contributed by atoms with E-state index in [2.05, 4.69) is 50.1 Å². The van der Waals surface area contributed by atoms with Gasteiger partial charge >= 0.3 is 0 Å². The Balaban J connectivity index is 2.41. The minimum Gasteiger partial charge on any atom is -0.329 e. The standard InChI is InChI=1S/C15H26N2/c1-4-5-14-6-8-15(9-7-14)10-11-17(3)13(2)12-16/h6-9,13H,4-5,10-12,16H2,1-3H3. The zero-order valence-corrected chi connectivity index (χ0v) is 11.4. The van der Waals surface area contributed by atoms with E-state index in [0.717, 1.165) is 19.5 Å². The Labute approximate surface area is 106 Å². The molecule has 1 rings (SSSR count). The lowest BCUT2D eigenvalue weighted by molar-refractivity contribution is 0.266. The van der Waals surface area contributed by atoms with Crippen molar-refractivity contribution in [3.05, 3.63) is 35.4 Å². The monoisotopic (exact) mass is 234 g/mol. The highest BCUT2D eigenvalue weighted by Gasteiger charge is 2.06. The van der Waals surface area contributed by atoms with Gasteiger partial charge < -0.3 is 10.6 Å². The number of aryl methyl sites for hydroxylation is 1. The number of hydrogen-bond donors (Lipinski definition) is 1. The number of nitrogens with zero attached hydrogens (tertiary/aromatic N) is 1. The highest BCUT2D eigenvalue weighted by atomic mass is 15.1. The van der Waals surface area contributed by atoms with Gasteiger partial charge in [0.2, 0.25) is 0 Å². The van der Waals surface area contributed by atoms with Crippen LogP contribution in [-0.2, 0) is 12.8 Å². The molecule has 0 saturated heterocycles. The number of hydrogen-bond acceptors (Lipinski definition) is 2. The maximum absolute atomic E-state index is 5.65. The second kappa shape index (κ2) is 7.46. The molecule has 0 amide bonds. The van der Waals surface area contributed by atoms with Gasteiger partial charge in [-0.25, -0.2) is 0 Å². The Morgan fingerprint density at radius 3 is 2.12 bits per heavy atom. The molecule has 0 spiro atoms. The van der Waals surface area contributed by atoms with Crippen LogP contribution in [0.15, 0.2) is 24.3 Å². The van der Waals surface area contributed by atoms with Crippen LogP contribution < -0.4 is 5.73 Å². The van der Waals surface area contributed by atoms with Gasteiger partial charge in [0.1, 0.15) is 0 Å². The van der Waals surface area contributed by atoms with Crippen molar-refractivity contribution < 1.29 is 0 Å². The third-order valence-corrected chi connectivity index (χ3v) is 3.41. The zero-order valence-electron chi connectivity index (χ0n) is 11.4. The van der Waals surface area contributed by atoms with Crippen LogP contribution in [0.5, 0.6) is 0 Å². The summed E-state index contributed by atoms with van der Waals surface area (Å²) < 4.78 is 0. The number of benzene rings is 1. The summed E-state index contributed by atoms with van der Waals surface area (Å²) >= 11 is 0. The molecule has 0 aromatic heterocycles. The summed E-state index contributed by atoms with van der Waals surface area (Å²) in [6.07, 6.45) is 3.51. The second-order valence-electron chi connectivity index (χ2n) is 4.88. The van der Waals surface area contributed by atoms with Gasteiger partial charge in [-0.05, 0) is 37.9 Å². The van der Waals surface area contributed by atoms with Crippen LogP contribution >= 0.6 is 0 Å². The summed E-state index contributed by atoms with van der Waals surface area (Å²) in [5.74, 6) is 0. The third kappa shape index (κ3) is 4.88. The van der Waals surface area contributed by atoms with E-state index in [-0.39, 0.29) is 0 Å². The first-order valence-electron chi connectivity index (χ1n) is 6.65. The van der Waals surface area contributed by atoms with Gasteiger partial charge in [-0.15, -0.1) is 0 Å². The summed E-state index contributed by atoms with van der Waals surface area (Å²) in [5, 5.41) is 0. The highest BCUT2D eigenvalue weighted by Crippen LogP contribution is 2.08. The van der Waals surface area contributed by atoms with Gasteiger partial charge in [0.15, 0.2) is 0 Å². The molecule has 2 heteroatoms. The van der Waals surface area contributed by atoms with Gasteiger partial charge in [0.05, 0.1) is 0 Å². The lowest BCUT2D eigenvalue weighted by atomic mass is 10.1. The Hall–Kier alpha value is -0.860. The molecule has 0 radical (unpaired) electrons. The summed E-state index contributed by atoms with van der Waals surface area (Å²) in [5.41, 5.74) is 8.52. The van der Waals surface area contributed by atoms with Crippen molar-refractivity contribution in [3.63, 3.8) is 0 Å². The second-order valence-corrected chi connectivity index (χ2v) is 4.88. The van der Waals surface area contributed by atoms with Crippen molar-refractivity contribution in [1.82, 2.24) is 4.90 Å². The maximum atomic E-state index is 5.65. The van der Waals surface area contributed by atoms with Crippen molar-refractivity contribution in [1.29, 1.82) is 0 Å². The molecule has 96 valence electrons. The van der Waals surface area contributed by atoms with Crippen molar-refractivity contribution in [2.45, 2.75) is 39.2 Å². The molecule has 1 aromatic rings. The average Bonchev–Trinajstić information content (AvgIpc) is 2.37. The third-order valence-electron chi connectivity index (χ3n) is 3.41. The van der Waals surface area contributed by atoms with Crippen LogP contribution in [0.2, 0.25) is 0 Å². The zero-order chi connectivity index (χ0) is 12.7. The Morgan fingerprint density at radius 2 is 1.65 bits per heavy atom. The summed E-state index contributed by atoms with van der Waals surface area (Å²) in [6.45, 7) is 6.19. The van der Waals surface area contributed by atoms with Crippen LogP contribution in [-0.4, -0.2) is 31.1 Å².